The van der Waals surface area contributed by atoms with E-state index in [0.717, 1.165) is 18.8 Å². The van der Waals surface area contributed by atoms with Crippen LogP contribution in [0.25, 0.3) is 0 Å². The van der Waals surface area contributed by atoms with Crippen molar-refractivity contribution < 1.29 is 14.6 Å². The van der Waals surface area contributed by atoms with Gasteiger partial charge in [-0.3, -0.25) is 9.69 Å². The zero-order chi connectivity index (χ0) is 15.8. The summed E-state index contributed by atoms with van der Waals surface area (Å²) in [7, 11) is 0. The van der Waals surface area contributed by atoms with E-state index in [1.165, 1.54) is 5.56 Å². The van der Waals surface area contributed by atoms with Crippen LogP contribution in [0.15, 0.2) is 24.3 Å². The van der Waals surface area contributed by atoms with Gasteiger partial charge in [-0.05, 0) is 58.4 Å². The van der Waals surface area contributed by atoms with Crippen molar-refractivity contribution in [2.75, 3.05) is 6.54 Å². The molecule has 0 aliphatic rings. The fourth-order valence-corrected chi connectivity index (χ4v) is 2.13. The third-order valence-electron chi connectivity index (χ3n) is 3.25. The van der Waals surface area contributed by atoms with Gasteiger partial charge in [0.05, 0.1) is 6.10 Å². The van der Waals surface area contributed by atoms with E-state index in [0.29, 0.717) is 12.5 Å². The molecule has 0 radical (unpaired) electrons. The number of hydrogen-bond acceptors (Lipinski definition) is 3. The van der Waals surface area contributed by atoms with E-state index in [2.05, 4.69) is 30.9 Å². The first-order chi connectivity index (χ1) is 9.88. The predicted octanol–water partition coefficient (Wildman–Crippen LogP) is 3.55. The first kappa shape index (κ1) is 17.5. The fraction of sp³-hybridized carbons (Fsp3) is 0.588. The van der Waals surface area contributed by atoms with E-state index in [1.54, 1.807) is 0 Å². The first-order valence-corrected chi connectivity index (χ1v) is 7.60. The zero-order valence-corrected chi connectivity index (χ0v) is 13.5. The summed E-state index contributed by atoms with van der Waals surface area (Å²) in [6.07, 6.45) is 1.09. The van der Waals surface area contributed by atoms with E-state index in [4.69, 9.17) is 9.84 Å². The molecule has 0 unspecified atom stereocenters. The number of benzene rings is 1. The summed E-state index contributed by atoms with van der Waals surface area (Å²) in [5.74, 6) is 0.157. The average Bonchev–Trinajstić information content (AvgIpc) is 2.38. The van der Waals surface area contributed by atoms with Gasteiger partial charge in [-0.15, -0.1) is 0 Å². The highest BCUT2D eigenvalue weighted by atomic mass is 16.5. The van der Waals surface area contributed by atoms with E-state index in [9.17, 15) is 4.79 Å². The average molecular weight is 293 g/mol. The third kappa shape index (κ3) is 7.14. The van der Waals surface area contributed by atoms with E-state index < -0.39 is 5.97 Å². The molecule has 0 saturated heterocycles. The monoisotopic (exact) mass is 293 g/mol. The molecule has 0 bridgehead atoms. The van der Waals surface area contributed by atoms with Crippen LogP contribution in [-0.2, 0) is 11.3 Å². The molecular weight excluding hydrogens is 266 g/mol. The molecule has 0 aromatic heterocycles. The lowest BCUT2D eigenvalue weighted by molar-refractivity contribution is -0.137. The molecule has 0 atom stereocenters. The second-order valence-corrected chi connectivity index (χ2v) is 5.87. The topological polar surface area (TPSA) is 49.8 Å². The lowest BCUT2D eigenvalue weighted by Crippen LogP contribution is -2.31. The largest absolute Gasteiger partial charge is 0.491 e. The smallest absolute Gasteiger partial charge is 0.303 e. The SMILES string of the molecule is CC(C)Oc1ccc(CN(CCCC(=O)O)C(C)C)cc1. The van der Waals surface area contributed by atoms with Crippen LogP contribution in [0.4, 0.5) is 0 Å². The lowest BCUT2D eigenvalue weighted by atomic mass is 10.1. The molecule has 0 spiro atoms. The second kappa shape index (κ2) is 8.67. The molecular formula is C17H27NO3. The molecule has 0 aliphatic carbocycles. The minimum absolute atomic E-state index is 0.180. The summed E-state index contributed by atoms with van der Waals surface area (Å²) in [6, 6.07) is 8.52. The summed E-state index contributed by atoms with van der Waals surface area (Å²) in [6.45, 7) is 9.93. The molecule has 0 heterocycles. The Morgan fingerprint density at radius 2 is 1.81 bits per heavy atom. The highest BCUT2D eigenvalue weighted by Gasteiger charge is 2.11. The molecule has 21 heavy (non-hydrogen) atoms. The minimum atomic E-state index is -0.728. The van der Waals surface area contributed by atoms with Crippen LogP contribution in [0, 0.1) is 0 Å². The van der Waals surface area contributed by atoms with Crippen LogP contribution in [-0.4, -0.2) is 34.7 Å². The zero-order valence-electron chi connectivity index (χ0n) is 13.5. The summed E-state index contributed by atoms with van der Waals surface area (Å²) in [5, 5.41) is 8.72. The van der Waals surface area contributed by atoms with Crippen LogP contribution in [0.5, 0.6) is 5.75 Å². The number of carbonyl (C=O) groups is 1. The predicted molar refractivity (Wildman–Crippen MR) is 84.6 cm³/mol. The number of hydrogen-bond donors (Lipinski definition) is 1. The highest BCUT2D eigenvalue weighted by molar-refractivity contribution is 5.66. The quantitative estimate of drug-likeness (QED) is 0.756. The third-order valence-corrected chi connectivity index (χ3v) is 3.25. The maximum Gasteiger partial charge on any atom is 0.303 e. The number of rotatable bonds is 9. The summed E-state index contributed by atoms with van der Waals surface area (Å²) < 4.78 is 5.63. The standard InChI is InChI=1S/C17H27NO3/c1-13(2)18(11-5-6-17(19)20)12-15-7-9-16(10-8-15)21-14(3)4/h7-10,13-14H,5-6,11-12H2,1-4H3,(H,19,20). The number of carboxylic acid groups (broad SMARTS) is 1. The van der Waals surface area contributed by atoms with Crippen LogP contribution in [0.1, 0.15) is 46.1 Å². The molecule has 1 aromatic carbocycles. The van der Waals surface area contributed by atoms with Crippen LogP contribution in [0.2, 0.25) is 0 Å². The Labute approximate surface area is 127 Å². The van der Waals surface area contributed by atoms with Gasteiger partial charge in [0.25, 0.3) is 0 Å². The van der Waals surface area contributed by atoms with Gasteiger partial charge in [0.2, 0.25) is 0 Å². The number of ether oxygens (including phenoxy) is 1. The Morgan fingerprint density at radius 1 is 1.19 bits per heavy atom. The van der Waals surface area contributed by atoms with Crippen molar-refractivity contribution in [2.45, 2.75) is 59.2 Å². The summed E-state index contributed by atoms with van der Waals surface area (Å²) in [5.41, 5.74) is 1.22. The number of carboxylic acids is 1. The van der Waals surface area contributed by atoms with Gasteiger partial charge in [-0.1, -0.05) is 12.1 Å². The van der Waals surface area contributed by atoms with Crippen LogP contribution >= 0.6 is 0 Å². The molecule has 1 aromatic rings. The molecule has 1 rings (SSSR count). The number of nitrogens with zero attached hydrogens (tertiary/aromatic N) is 1. The van der Waals surface area contributed by atoms with E-state index >= 15 is 0 Å². The van der Waals surface area contributed by atoms with Crippen LogP contribution in [0.3, 0.4) is 0 Å². The molecule has 4 nitrogen and oxygen atoms in total. The first-order valence-electron chi connectivity index (χ1n) is 7.60. The fourth-order valence-electron chi connectivity index (χ4n) is 2.13. The van der Waals surface area contributed by atoms with Gasteiger partial charge in [0, 0.05) is 19.0 Å². The maximum absolute atomic E-state index is 10.6. The Kier molecular flexibility index (Phi) is 7.23. The second-order valence-electron chi connectivity index (χ2n) is 5.87. The molecule has 1 N–H and O–H groups in total. The van der Waals surface area contributed by atoms with Gasteiger partial charge in [-0.2, -0.15) is 0 Å². The molecule has 118 valence electrons. The number of aliphatic carboxylic acids is 1. The molecule has 0 aliphatic heterocycles. The van der Waals surface area contributed by atoms with Crippen molar-refractivity contribution >= 4 is 5.97 Å². The normalized spacial score (nSPS) is 11.4. The van der Waals surface area contributed by atoms with Gasteiger partial charge in [0.15, 0.2) is 0 Å². The highest BCUT2D eigenvalue weighted by Crippen LogP contribution is 2.16. The Bertz CT molecular complexity index is 426. The van der Waals surface area contributed by atoms with Gasteiger partial charge < -0.3 is 9.84 Å². The van der Waals surface area contributed by atoms with Gasteiger partial charge in [0.1, 0.15) is 5.75 Å². The van der Waals surface area contributed by atoms with Crippen molar-refractivity contribution in [3.8, 4) is 5.75 Å². The van der Waals surface area contributed by atoms with Gasteiger partial charge in [-0.25, -0.2) is 0 Å². The van der Waals surface area contributed by atoms with Gasteiger partial charge >= 0.3 is 5.97 Å². The maximum atomic E-state index is 10.6. The molecule has 4 heteroatoms. The lowest BCUT2D eigenvalue weighted by Gasteiger charge is -2.26. The van der Waals surface area contributed by atoms with Crippen molar-refractivity contribution in [1.82, 2.24) is 4.90 Å². The van der Waals surface area contributed by atoms with Crippen molar-refractivity contribution in [1.29, 1.82) is 0 Å². The van der Waals surface area contributed by atoms with E-state index in [1.807, 2.05) is 26.0 Å². The minimum Gasteiger partial charge on any atom is -0.491 e. The van der Waals surface area contributed by atoms with E-state index in [-0.39, 0.29) is 12.5 Å². The molecule has 0 amide bonds. The summed E-state index contributed by atoms with van der Waals surface area (Å²) in [4.78, 5) is 12.9. The Hall–Kier alpha value is -1.55. The summed E-state index contributed by atoms with van der Waals surface area (Å²) >= 11 is 0. The molecule has 0 fully saturated rings. The van der Waals surface area contributed by atoms with Crippen molar-refractivity contribution in [3.63, 3.8) is 0 Å². The van der Waals surface area contributed by atoms with Crippen LogP contribution < -0.4 is 4.74 Å². The van der Waals surface area contributed by atoms with Crippen molar-refractivity contribution in [2.24, 2.45) is 0 Å². The molecule has 0 saturated carbocycles. The Balaban J connectivity index is 2.56. The van der Waals surface area contributed by atoms with Crippen molar-refractivity contribution in [3.05, 3.63) is 29.8 Å². The Morgan fingerprint density at radius 3 is 2.29 bits per heavy atom.